The van der Waals surface area contributed by atoms with Crippen LogP contribution in [-0.4, -0.2) is 25.1 Å². The number of hydrogen-bond acceptors (Lipinski definition) is 4. The minimum Gasteiger partial charge on any atom is -0.493 e. The number of aromatic nitrogens is 1. The number of fused-ring (bicyclic) bond motifs is 1. The zero-order valence-electron chi connectivity index (χ0n) is 14.5. The van der Waals surface area contributed by atoms with Gasteiger partial charge in [0.15, 0.2) is 11.5 Å². The fourth-order valence-corrected chi connectivity index (χ4v) is 2.79. The second-order valence-corrected chi connectivity index (χ2v) is 5.74. The Bertz CT molecular complexity index is 917. The van der Waals surface area contributed by atoms with Crippen molar-refractivity contribution in [3.8, 4) is 11.5 Å². The van der Waals surface area contributed by atoms with Crippen molar-refractivity contribution in [1.29, 1.82) is 0 Å². The number of amides is 1. The largest absolute Gasteiger partial charge is 0.493 e. The third kappa shape index (κ3) is 3.55. The van der Waals surface area contributed by atoms with Crippen LogP contribution in [0.15, 0.2) is 48.7 Å². The average Bonchev–Trinajstić information content (AvgIpc) is 2.63. The van der Waals surface area contributed by atoms with Crippen molar-refractivity contribution in [3.05, 3.63) is 59.8 Å². The molecule has 1 heterocycles. The number of rotatable bonds is 5. The molecule has 5 nitrogen and oxygen atoms in total. The zero-order valence-corrected chi connectivity index (χ0v) is 14.5. The van der Waals surface area contributed by atoms with Crippen molar-refractivity contribution < 1.29 is 14.3 Å². The van der Waals surface area contributed by atoms with Gasteiger partial charge in [-0.15, -0.1) is 0 Å². The molecule has 0 aliphatic rings. The summed E-state index contributed by atoms with van der Waals surface area (Å²) in [5.41, 5.74) is 3.36. The van der Waals surface area contributed by atoms with Gasteiger partial charge in [0.2, 0.25) is 5.91 Å². The molecule has 3 rings (SSSR count). The van der Waals surface area contributed by atoms with Crippen molar-refractivity contribution in [3.63, 3.8) is 0 Å². The van der Waals surface area contributed by atoms with Crippen LogP contribution in [0.5, 0.6) is 11.5 Å². The fourth-order valence-electron chi connectivity index (χ4n) is 2.79. The Morgan fingerprint density at radius 3 is 2.56 bits per heavy atom. The molecule has 0 aliphatic heterocycles. The van der Waals surface area contributed by atoms with Crippen LogP contribution in [0.1, 0.15) is 11.1 Å². The van der Waals surface area contributed by atoms with E-state index in [1.807, 2.05) is 43.3 Å². The summed E-state index contributed by atoms with van der Waals surface area (Å²) in [5.74, 6) is 1.11. The van der Waals surface area contributed by atoms with Crippen molar-refractivity contribution in [2.24, 2.45) is 0 Å². The van der Waals surface area contributed by atoms with Gasteiger partial charge in [0, 0.05) is 23.3 Å². The Morgan fingerprint density at radius 1 is 1.08 bits per heavy atom. The van der Waals surface area contributed by atoms with E-state index in [0.717, 1.165) is 22.0 Å². The summed E-state index contributed by atoms with van der Waals surface area (Å²) >= 11 is 0. The van der Waals surface area contributed by atoms with Gasteiger partial charge in [0.05, 0.1) is 26.2 Å². The first kappa shape index (κ1) is 16.8. The second kappa shape index (κ2) is 7.21. The van der Waals surface area contributed by atoms with Crippen LogP contribution in [-0.2, 0) is 11.2 Å². The van der Waals surface area contributed by atoms with Gasteiger partial charge in [-0.25, -0.2) is 0 Å². The number of methoxy groups -OCH3 is 2. The minimum absolute atomic E-state index is 0.103. The predicted molar refractivity (Wildman–Crippen MR) is 98.4 cm³/mol. The first-order chi connectivity index (χ1) is 12.1. The van der Waals surface area contributed by atoms with E-state index in [1.165, 1.54) is 0 Å². The zero-order chi connectivity index (χ0) is 17.8. The number of nitrogens with zero attached hydrogens (tertiary/aromatic N) is 1. The maximum Gasteiger partial charge on any atom is 0.228 e. The summed E-state index contributed by atoms with van der Waals surface area (Å²) < 4.78 is 10.6. The summed E-state index contributed by atoms with van der Waals surface area (Å²) in [6.07, 6.45) is 1.99. The highest BCUT2D eigenvalue weighted by atomic mass is 16.5. The van der Waals surface area contributed by atoms with Crippen molar-refractivity contribution in [2.45, 2.75) is 13.3 Å². The molecule has 0 fully saturated rings. The van der Waals surface area contributed by atoms with Crippen LogP contribution >= 0.6 is 0 Å². The molecule has 128 valence electrons. The van der Waals surface area contributed by atoms with Crippen LogP contribution in [0.3, 0.4) is 0 Å². The number of carbonyl (C=O) groups is 1. The molecule has 25 heavy (non-hydrogen) atoms. The first-order valence-electron chi connectivity index (χ1n) is 7.97. The Hall–Kier alpha value is -3.08. The van der Waals surface area contributed by atoms with E-state index >= 15 is 0 Å². The Balaban J connectivity index is 1.83. The number of benzene rings is 2. The van der Waals surface area contributed by atoms with Gasteiger partial charge in [-0.05, 0) is 30.2 Å². The minimum atomic E-state index is -0.103. The van der Waals surface area contributed by atoms with E-state index in [1.54, 1.807) is 26.5 Å². The van der Waals surface area contributed by atoms with E-state index in [-0.39, 0.29) is 12.3 Å². The molecule has 0 saturated heterocycles. The summed E-state index contributed by atoms with van der Waals surface area (Å²) in [7, 11) is 3.16. The molecule has 0 bridgehead atoms. The molecule has 0 aliphatic carbocycles. The van der Waals surface area contributed by atoms with E-state index in [0.29, 0.717) is 17.2 Å². The van der Waals surface area contributed by atoms with Crippen molar-refractivity contribution >= 4 is 22.5 Å². The van der Waals surface area contributed by atoms with Gasteiger partial charge < -0.3 is 14.8 Å². The monoisotopic (exact) mass is 336 g/mol. The average molecular weight is 336 g/mol. The third-order valence-electron chi connectivity index (χ3n) is 4.07. The SMILES string of the molecule is COc1cc(C)c(NC(=O)Cc2cccc3cccnc23)cc1OC. The Morgan fingerprint density at radius 2 is 1.80 bits per heavy atom. The topological polar surface area (TPSA) is 60.5 Å². The number of aryl methyl sites for hydroxylation is 1. The fraction of sp³-hybridized carbons (Fsp3) is 0.200. The van der Waals surface area contributed by atoms with E-state index < -0.39 is 0 Å². The number of anilines is 1. The first-order valence-corrected chi connectivity index (χ1v) is 7.97. The highest BCUT2D eigenvalue weighted by molar-refractivity contribution is 5.96. The van der Waals surface area contributed by atoms with Crippen LogP contribution in [0, 0.1) is 6.92 Å². The molecular formula is C20H20N2O3. The highest BCUT2D eigenvalue weighted by Crippen LogP contribution is 2.33. The van der Waals surface area contributed by atoms with Crippen molar-refractivity contribution in [1.82, 2.24) is 4.98 Å². The standard InChI is InChI=1S/C20H20N2O3/c1-13-10-17(24-2)18(25-3)12-16(13)22-19(23)11-15-7-4-6-14-8-5-9-21-20(14)15/h4-10,12H,11H2,1-3H3,(H,22,23). The Labute approximate surface area is 146 Å². The lowest BCUT2D eigenvalue weighted by molar-refractivity contribution is -0.115. The number of nitrogens with one attached hydrogen (secondary N) is 1. The van der Waals surface area contributed by atoms with Gasteiger partial charge in [-0.1, -0.05) is 24.3 Å². The summed E-state index contributed by atoms with van der Waals surface area (Å²) in [4.78, 5) is 16.9. The molecule has 5 heteroatoms. The van der Waals surface area contributed by atoms with E-state index in [9.17, 15) is 4.79 Å². The van der Waals surface area contributed by atoms with Crippen LogP contribution < -0.4 is 14.8 Å². The quantitative estimate of drug-likeness (QED) is 0.771. The summed E-state index contributed by atoms with van der Waals surface area (Å²) in [5, 5.41) is 3.97. The lowest BCUT2D eigenvalue weighted by Gasteiger charge is -2.14. The second-order valence-electron chi connectivity index (χ2n) is 5.74. The lowest BCUT2D eigenvalue weighted by atomic mass is 10.1. The van der Waals surface area contributed by atoms with Crippen LogP contribution in [0.4, 0.5) is 5.69 Å². The molecular weight excluding hydrogens is 316 g/mol. The van der Waals surface area contributed by atoms with Gasteiger partial charge in [-0.2, -0.15) is 0 Å². The maximum absolute atomic E-state index is 12.5. The van der Waals surface area contributed by atoms with Gasteiger partial charge in [0.25, 0.3) is 0 Å². The molecule has 2 aromatic carbocycles. The van der Waals surface area contributed by atoms with E-state index in [2.05, 4.69) is 10.3 Å². The van der Waals surface area contributed by atoms with Gasteiger partial charge >= 0.3 is 0 Å². The third-order valence-corrected chi connectivity index (χ3v) is 4.07. The Kier molecular flexibility index (Phi) is 4.84. The molecule has 1 amide bonds. The molecule has 0 radical (unpaired) electrons. The van der Waals surface area contributed by atoms with E-state index in [4.69, 9.17) is 9.47 Å². The molecule has 1 aromatic heterocycles. The molecule has 3 aromatic rings. The molecule has 0 spiro atoms. The van der Waals surface area contributed by atoms with Crippen molar-refractivity contribution in [2.75, 3.05) is 19.5 Å². The number of hydrogen-bond donors (Lipinski definition) is 1. The highest BCUT2D eigenvalue weighted by Gasteiger charge is 2.12. The maximum atomic E-state index is 12.5. The van der Waals surface area contributed by atoms with Gasteiger partial charge in [-0.3, -0.25) is 9.78 Å². The number of para-hydroxylation sites is 1. The molecule has 1 N–H and O–H groups in total. The number of carbonyl (C=O) groups excluding carboxylic acids is 1. The predicted octanol–water partition coefficient (Wildman–Crippen LogP) is 3.74. The van der Waals surface area contributed by atoms with Crippen LogP contribution in [0.25, 0.3) is 10.9 Å². The smallest absolute Gasteiger partial charge is 0.228 e. The van der Waals surface area contributed by atoms with Gasteiger partial charge in [0.1, 0.15) is 0 Å². The van der Waals surface area contributed by atoms with Crippen LogP contribution in [0.2, 0.25) is 0 Å². The summed E-state index contributed by atoms with van der Waals surface area (Å²) in [6.45, 7) is 1.91. The molecule has 0 unspecified atom stereocenters. The normalized spacial score (nSPS) is 10.5. The summed E-state index contributed by atoms with van der Waals surface area (Å²) in [6, 6.07) is 13.3. The molecule has 0 saturated carbocycles. The number of ether oxygens (including phenoxy) is 2. The number of pyridine rings is 1. The molecule has 0 atom stereocenters. The lowest BCUT2D eigenvalue weighted by Crippen LogP contribution is -2.15.